The molecule has 1 aromatic rings. The van der Waals surface area contributed by atoms with Crippen LogP contribution in [0.1, 0.15) is 49.0 Å². The maximum atomic E-state index is 12.5. The minimum atomic E-state index is 0.0747. The van der Waals surface area contributed by atoms with Crippen LogP contribution < -0.4 is 0 Å². The Balaban J connectivity index is 1.90. The Kier molecular flexibility index (Phi) is 5.99. The van der Waals surface area contributed by atoms with Crippen molar-refractivity contribution in [1.82, 2.24) is 9.80 Å². The molecule has 4 nitrogen and oxygen atoms in total. The second-order valence-electron chi connectivity index (χ2n) is 5.87. The number of benzene rings is 1. The van der Waals surface area contributed by atoms with Crippen molar-refractivity contribution in [2.45, 2.75) is 39.5 Å². The Morgan fingerprint density at radius 2 is 1.50 bits per heavy atom. The number of nitrogens with zero attached hydrogens (tertiary/aromatic N) is 2. The van der Waals surface area contributed by atoms with E-state index in [4.69, 9.17) is 0 Å². The normalized spacial score (nSPS) is 15.0. The molecule has 4 heteroatoms. The van der Waals surface area contributed by atoms with Gasteiger partial charge in [-0.05, 0) is 30.5 Å². The Labute approximate surface area is 133 Å². The van der Waals surface area contributed by atoms with Gasteiger partial charge in [-0.15, -0.1) is 0 Å². The van der Waals surface area contributed by atoms with Crippen molar-refractivity contribution in [2.24, 2.45) is 0 Å². The molecule has 1 aliphatic rings. The van der Waals surface area contributed by atoms with Crippen molar-refractivity contribution in [3.8, 4) is 0 Å². The monoisotopic (exact) mass is 302 g/mol. The molecule has 1 heterocycles. The number of amides is 2. The molecule has 0 radical (unpaired) electrons. The Morgan fingerprint density at radius 1 is 0.909 bits per heavy atom. The highest BCUT2D eigenvalue weighted by molar-refractivity contribution is 5.94. The third kappa shape index (κ3) is 4.09. The van der Waals surface area contributed by atoms with Crippen LogP contribution in [0, 0.1) is 0 Å². The van der Waals surface area contributed by atoms with E-state index in [0.29, 0.717) is 32.6 Å². The molecule has 2 amide bonds. The molecular formula is C18H26N2O2. The Morgan fingerprint density at radius 3 is 2.05 bits per heavy atom. The van der Waals surface area contributed by atoms with Crippen LogP contribution in [-0.4, -0.2) is 47.8 Å². The van der Waals surface area contributed by atoms with Gasteiger partial charge in [-0.1, -0.05) is 32.4 Å². The number of hydrogen-bond acceptors (Lipinski definition) is 2. The molecule has 1 saturated heterocycles. The zero-order chi connectivity index (χ0) is 15.9. The smallest absolute Gasteiger partial charge is 0.253 e. The van der Waals surface area contributed by atoms with Crippen molar-refractivity contribution in [2.75, 3.05) is 26.2 Å². The van der Waals surface area contributed by atoms with Gasteiger partial charge in [0.25, 0.3) is 5.91 Å². The van der Waals surface area contributed by atoms with Crippen LogP contribution in [0.2, 0.25) is 0 Å². The van der Waals surface area contributed by atoms with Gasteiger partial charge in [0.15, 0.2) is 0 Å². The first-order chi connectivity index (χ1) is 10.7. The summed E-state index contributed by atoms with van der Waals surface area (Å²) in [7, 11) is 0. The number of aryl methyl sites for hydroxylation is 1. The molecule has 2 rings (SSSR count). The predicted octanol–water partition coefficient (Wildman–Crippen LogP) is 2.72. The van der Waals surface area contributed by atoms with Crippen molar-refractivity contribution in [1.29, 1.82) is 0 Å². The van der Waals surface area contributed by atoms with Crippen LogP contribution in [0.15, 0.2) is 24.3 Å². The van der Waals surface area contributed by atoms with E-state index in [9.17, 15) is 9.59 Å². The fourth-order valence-electron chi connectivity index (χ4n) is 2.82. The summed E-state index contributed by atoms with van der Waals surface area (Å²) >= 11 is 0. The van der Waals surface area contributed by atoms with E-state index in [1.807, 2.05) is 41.0 Å². The van der Waals surface area contributed by atoms with Gasteiger partial charge < -0.3 is 9.80 Å². The summed E-state index contributed by atoms with van der Waals surface area (Å²) in [6.07, 6.45) is 3.64. The molecule has 1 aromatic carbocycles. The number of piperazine rings is 1. The summed E-state index contributed by atoms with van der Waals surface area (Å²) in [5.74, 6) is 0.282. The highest BCUT2D eigenvalue weighted by Crippen LogP contribution is 2.12. The molecule has 0 aliphatic carbocycles. The standard InChI is InChI=1S/C18H26N2O2/c1-3-5-15-7-9-16(10-8-15)18(22)20-13-11-19(12-14-20)17(21)6-4-2/h7-10H,3-6,11-14H2,1-2H3. The van der Waals surface area contributed by atoms with Crippen LogP contribution in [0.25, 0.3) is 0 Å². The lowest BCUT2D eigenvalue weighted by Gasteiger charge is -2.34. The van der Waals surface area contributed by atoms with E-state index in [1.54, 1.807) is 0 Å². The third-order valence-corrected chi connectivity index (χ3v) is 4.12. The molecule has 0 aromatic heterocycles. The van der Waals surface area contributed by atoms with Gasteiger partial charge in [0.2, 0.25) is 5.91 Å². The summed E-state index contributed by atoms with van der Waals surface area (Å²) < 4.78 is 0. The van der Waals surface area contributed by atoms with Gasteiger partial charge in [0, 0.05) is 38.2 Å². The summed E-state index contributed by atoms with van der Waals surface area (Å²) in [6.45, 7) is 6.73. The molecule has 0 saturated carbocycles. The number of rotatable bonds is 5. The Hall–Kier alpha value is -1.84. The van der Waals surface area contributed by atoms with Gasteiger partial charge in [-0.3, -0.25) is 9.59 Å². The van der Waals surface area contributed by atoms with E-state index in [1.165, 1.54) is 5.56 Å². The van der Waals surface area contributed by atoms with Gasteiger partial charge >= 0.3 is 0 Å². The number of hydrogen-bond donors (Lipinski definition) is 0. The lowest BCUT2D eigenvalue weighted by Crippen LogP contribution is -2.50. The topological polar surface area (TPSA) is 40.6 Å². The first-order valence-corrected chi connectivity index (χ1v) is 8.31. The molecular weight excluding hydrogens is 276 g/mol. The summed E-state index contributed by atoms with van der Waals surface area (Å²) in [4.78, 5) is 28.1. The lowest BCUT2D eigenvalue weighted by atomic mass is 10.1. The molecule has 0 unspecified atom stereocenters. The van der Waals surface area contributed by atoms with Gasteiger partial charge in [0.05, 0.1) is 0 Å². The van der Waals surface area contributed by atoms with E-state index < -0.39 is 0 Å². The largest absolute Gasteiger partial charge is 0.339 e. The average molecular weight is 302 g/mol. The SMILES string of the molecule is CCCC(=O)N1CCN(C(=O)c2ccc(CCC)cc2)CC1. The molecule has 1 fully saturated rings. The van der Waals surface area contributed by atoms with Crippen molar-refractivity contribution >= 4 is 11.8 Å². The first kappa shape index (κ1) is 16.5. The maximum absolute atomic E-state index is 12.5. The summed E-state index contributed by atoms with van der Waals surface area (Å²) in [5, 5.41) is 0. The molecule has 0 atom stereocenters. The molecule has 120 valence electrons. The van der Waals surface area contributed by atoms with E-state index in [0.717, 1.165) is 24.8 Å². The fraction of sp³-hybridized carbons (Fsp3) is 0.556. The lowest BCUT2D eigenvalue weighted by molar-refractivity contribution is -0.132. The van der Waals surface area contributed by atoms with Gasteiger partial charge in [-0.25, -0.2) is 0 Å². The molecule has 0 spiro atoms. The average Bonchev–Trinajstić information content (AvgIpc) is 2.55. The van der Waals surface area contributed by atoms with Crippen LogP contribution in [0.5, 0.6) is 0 Å². The number of carbonyl (C=O) groups is 2. The summed E-state index contributed by atoms with van der Waals surface area (Å²) in [6, 6.07) is 7.92. The second-order valence-corrected chi connectivity index (χ2v) is 5.87. The second kappa shape index (κ2) is 7.97. The molecule has 0 bridgehead atoms. The van der Waals surface area contributed by atoms with E-state index in [2.05, 4.69) is 6.92 Å². The van der Waals surface area contributed by atoms with E-state index >= 15 is 0 Å². The quantitative estimate of drug-likeness (QED) is 0.839. The van der Waals surface area contributed by atoms with Crippen molar-refractivity contribution < 1.29 is 9.59 Å². The number of carbonyl (C=O) groups excluding carboxylic acids is 2. The van der Waals surface area contributed by atoms with Crippen molar-refractivity contribution in [3.63, 3.8) is 0 Å². The minimum Gasteiger partial charge on any atom is -0.339 e. The molecule has 22 heavy (non-hydrogen) atoms. The van der Waals surface area contributed by atoms with Crippen LogP contribution in [0.3, 0.4) is 0 Å². The minimum absolute atomic E-state index is 0.0747. The zero-order valence-corrected chi connectivity index (χ0v) is 13.7. The molecule has 1 aliphatic heterocycles. The van der Waals surface area contributed by atoms with Crippen LogP contribution in [0.4, 0.5) is 0 Å². The highest BCUT2D eigenvalue weighted by Gasteiger charge is 2.24. The zero-order valence-electron chi connectivity index (χ0n) is 13.7. The van der Waals surface area contributed by atoms with Crippen LogP contribution >= 0.6 is 0 Å². The maximum Gasteiger partial charge on any atom is 0.253 e. The predicted molar refractivity (Wildman–Crippen MR) is 87.8 cm³/mol. The first-order valence-electron chi connectivity index (χ1n) is 8.31. The summed E-state index contributed by atoms with van der Waals surface area (Å²) in [5.41, 5.74) is 2.02. The fourth-order valence-corrected chi connectivity index (χ4v) is 2.82. The third-order valence-electron chi connectivity index (χ3n) is 4.12. The van der Waals surface area contributed by atoms with Gasteiger partial charge in [0.1, 0.15) is 0 Å². The highest BCUT2D eigenvalue weighted by atomic mass is 16.2. The van der Waals surface area contributed by atoms with Gasteiger partial charge in [-0.2, -0.15) is 0 Å². The van der Waals surface area contributed by atoms with E-state index in [-0.39, 0.29) is 11.8 Å². The van der Waals surface area contributed by atoms with Crippen LogP contribution in [-0.2, 0) is 11.2 Å². The molecule has 0 N–H and O–H groups in total. The van der Waals surface area contributed by atoms with Crippen molar-refractivity contribution in [3.05, 3.63) is 35.4 Å². The Bertz CT molecular complexity index is 502.